The third-order valence-electron chi connectivity index (χ3n) is 4.08. The Morgan fingerprint density at radius 2 is 1.85 bits per heavy atom. The number of aryl methyl sites for hydroxylation is 1. The fourth-order valence-electron chi connectivity index (χ4n) is 2.81. The molecule has 2 aromatic carbocycles. The van der Waals surface area contributed by atoms with Gasteiger partial charge in [0, 0.05) is 16.5 Å². The van der Waals surface area contributed by atoms with Gasteiger partial charge in [0.05, 0.1) is 19.3 Å². The van der Waals surface area contributed by atoms with Crippen LogP contribution < -0.4 is 15.0 Å². The molecule has 0 radical (unpaired) electrons. The highest BCUT2D eigenvalue weighted by atomic mass is 79.9. The van der Waals surface area contributed by atoms with E-state index in [9.17, 15) is 4.79 Å². The molecule has 1 aromatic heterocycles. The molecule has 0 unspecified atom stereocenters. The van der Waals surface area contributed by atoms with Crippen LogP contribution in [-0.2, 0) is 13.0 Å². The number of rotatable bonds is 7. The normalized spacial score (nSPS) is 10.6. The Labute approximate surface area is 166 Å². The Morgan fingerprint density at radius 3 is 2.59 bits per heavy atom. The van der Waals surface area contributed by atoms with E-state index < -0.39 is 0 Å². The van der Waals surface area contributed by atoms with Gasteiger partial charge in [-0.25, -0.2) is 4.68 Å². The number of halogens is 1. The SMILES string of the molecule is COc1cccc(Cc2cc(C)nn(CCOc3ccc(Br)cc3)c2=O)c1. The minimum absolute atomic E-state index is 0.0946. The van der Waals surface area contributed by atoms with Crippen LogP contribution >= 0.6 is 15.9 Å². The predicted octanol–water partition coefficient (Wildman–Crippen LogP) is 3.99. The van der Waals surface area contributed by atoms with Crippen molar-refractivity contribution in [3.8, 4) is 11.5 Å². The molecule has 0 bridgehead atoms. The third kappa shape index (κ3) is 5.20. The van der Waals surface area contributed by atoms with Gasteiger partial charge in [0.2, 0.25) is 0 Å². The van der Waals surface area contributed by atoms with Crippen LogP contribution in [0.4, 0.5) is 0 Å². The van der Waals surface area contributed by atoms with Gasteiger partial charge in [-0.3, -0.25) is 4.79 Å². The van der Waals surface area contributed by atoms with Crippen molar-refractivity contribution in [2.45, 2.75) is 19.9 Å². The molecule has 0 amide bonds. The van der Waals surface area contributed by atoms with Crippen molar-refractivity contribution in [1.82, 2.24) is 9.78 Å². The summed E-state index contributed by atoms with van der Waals surface area (Å²) in [5, 5.41) is 4.35. The molecule has 0 atom stereocenters. The maximum absolute atomic E-state index is 12.8. The fraction of sp³-hybridized carbons (Fsp3) is 0.238. The van der Waals surface area contributed by atoms with Crippen LogP contribution in [0, 0.1) is 6.92 Å². The number of aromatic nitrogens is 2. The van der Waals surface area contributed by atoms with E-state index in [1.807, 2.05) is 61.5 Å². The van der Waals surface area contributed by atoms with Crippen molar-refractivity contribution in [3.63, 3.8) is 0 Å². The van der Waals surface area contributed by atoms with Crippen molar-refractivity contribution in [1.29, 1.82) is 0 Å². The highest BCUT2D eigenvalue weighted by molar-refractivity contribution is 9.10. The van der Waals surface area contributed by atoms with Crippen LogP contribution in [0.15, 0.2) is 63.9 Å². The molecule has 0 aliphatic rings. The van der Waals surface area contributed by atoms with E-state index in [1.165, 1.54) is 4.68 Å². The summed E-state index contributed by atoms with van der Waals surface area (Å²) in [6, 6.07) is 17.2. The Hall–Kier alpha value is -2.60. The van der Waals surface area contributed by atoms with Crippen molar-refractivity contribution in [3.05, 3.63) is 86.2 Å². The topological polar surface area (TPSA) is 53.4 Å². The van der Waals surface area contributed by atoms with Crippen LogP contribution in [0.3, 0.4) is 0 Å². The monoisotopic (exact) mass is 428 g/mol. The minimum Gasteiger partial charge on any atom is -0.497 e. The van der Waals surface area contributed by atoms with Crippen molar-refractivity contribution < 1.29 is 9.47 Å². The number of hydrogen-bond donors (Lipinski definition) is 0. The first-order valence-electron chi connectivity index (χ1n) is 8.64. The molecule has 6 heteroatoms. The van der Waals surface area contributed by atoms with Gasteiger partial charge in [-0.1, -0.05) is 28.1 Å². The number of nitrogens with zero attached hydrogens (tertiary/aromatic N) is 2. The summed E-state index contributed by atoms with van der Waals surface area (Å²) in [6.45, 7) is 2.65. The maximum atomic E-state index is 12.8. The van der Waals surface area contributed by atoms with E-state index in [0.29, 0.717) is 25.1 Å². The van der Waals surface area contributed by atoms with E-state index in [2.05, 4.69) is 21.0 Å². The lowest BCUT2D eigenvalue weighted by Gasteiger charge is -2.11. The van der Waals surface area contributed by atoms with Crippen LogP contribution in [0.5, 0.6) is 11.5 Å². The molecule has 1 heterocycles. The second-order valence-electron chi connectivity index (χ2n) is 6.17. The second-order valence-corrected chi connectivity index (χ2v) is 7.09. The summed E-state index contributed by atoms with van der Waals surface area (Å²) >= 11 is 3.39. The van der Waals surface area contributed by atoms with E-state index in [4.69, 9.17) is 9.47 Å². The average Bonchev–Trinajstić information content (AvgIpc) is 2.67. The van der Waals surface area contributed by atoms with Gasteiger partial charge >= 0.3 is 0 Å². The molecular weight excluding hydrogens is 408 g/mol. The molecule has 3 rings (SSSR count). The maximum Gasteiger partial charge on any atom is 0.270 e. The van der Waals surface area contributed by atoms with Gasteiger partial charge in [0.25, 0.3) is 5.56 Å². The first kappa shape index (κ1) is 19.2. The van der Waals surface area contributed by atoms with Crippen LogP contribution in [0.2, 0.25) is 0 Å². The summed E-state index contributed by atoms with van der Waals surface area (Å²) in [5.74, 6) is 1.54. The number of benzene rings is 2. The van der Waals surface area contributed by atoms with E-state index in [0.717, 1.165) is 27.2 Å². The molecule has 0 spiro atoms. The molecule has 0 fully saturated rings. The lowest BCUT2D eigenvalue weighted by atomic mass is 10.1. The second kappa shape index (κ2) is 8.86. The fourth-order valence-corrected chi connectivity index (χ4v) is 3.07. The van der Waals surface area contributed by atoms with Gasteiger partial charge in [0.1, 0.15) is 18.1 Å². The lowest BCUT2D eigenvalue weighted by Crippen LogP contribution is -2.29. The molecule has 3 aromatic rings. The molecule has 0 N–H and O–H groups in total. The van der Waals surface area contributed by atoms with E-state index in [-0.39, 0.29) is 5.56 Å². The Balaban J connectivity index is 1.72. The van der Waals surface area contributed by atoms with Crippen LogP contribution in [0.1, 0.15) is 16.8 Å². The van der Waals surface area contributed by atoms with E-state index in [1.54, 1.807) is 7.11 Å². The zero-order chi connectivity index (χ0) is 19.2. The predicted molar refractivity (Wildman–Crippen MR) is 109 cm³/mol. The van der Waals surface area contributed by atoms with Crippen molar-refractivity contribution in [2.24, 2.45) is 0 Å². The Bertz CT molecular complexity index is 968. The Kier molecular flexibility index (Phi) is 6.29. The zero-order valence-corrected chi connectivity index (χ0v) is 16.9. The summed E-state index contributed by atoms with van der Waals surface area (Å²) in [4.78, 5) is 12.8. The molecule has 0 aliphatic carbocycles. The van der Waals surface area contributed by atoms with Gasteiger partial charge in [0.15, 0.2) is 0 Å². The number of ether oxygens (including phenoxy) is 2. The average molecular weight is 429 g/mol. The van der Waals surface area contributed by atoms with Crippen LogP contribution in [-0.4, -0.2) is 23.5 Å². The molecule has 0 saturated carbocycles. The molecule has 0 aliphatic heterocycles. The largest absolute Gasteiger partial charge is 0.497 e. The highest BCUT2D eigenvalue weighted by Crippen LogP contribution is 2.16. The number of hydrogen-bond acceptors (Lipinski definition) is 4. The highest BCUT2D eigenvalue weighted by Gasteiger charge is 2.09. The zero-order valence-electron chi connectivity index (χ0n) is 15.3. The molecular formula is C21H21BrN2O3. The summed E-state index contributed by atoms with van der Waals surface area (Å²) in [7, 11) is 1.63. The molecule has 27 heavy (non-hydrogen) atoms. The standard InChI is InChI=1S/C21H21BrN2O3/c1-15-12-17(13-16-4-3-5-20(14-16)26-2)21(25)24(23-15)10-11-27-19-8-6-18(22)7-9-19/h3-9,12,14H,10-11,13H2,1-2H3. The van der Waals surface area contributed by atoms with Gasteiger partial charge < -0.3 is 9.47 Å². The first-order chi connectivity index (χ1) is 13.0. The van der Waals surface area contributed by atoms with Crippen molar-refractivity contribution >= 4 is 15.9 Å². The summed E-state index contributed by atoms with van der Waals surface area (Å²) in [5.41, 5.74) is 2.44. The minimum atomic E-state index is -0.0946. The van der Waals surface area contributed by atoms with Gasteiger partial charge in [-0.2, -0.15) is 5.10 Å². The van der Waals surface area contributed by atoms with Crippen LogP contribution in [0.25, 0.3) is 0 Å². The molecule has 5 nitrogen and oxygen atoms in total. The molecule has 0 saturated heterocycles. The lowest BCUT2D eigenvalue weighted by molar-refractivity contribution is 0.287. The third-order valence-corrected chi connectivity index (χ3v) is 4.61. The molecule has 140 valence electrons. The number of methoxy groups -OCH3 is 1. The smallest absolute Gasteiger partial charge is 0.270 e. The van der Waals surface area contributed by atoms with Crippen molar-refractivity contribution in [2.75, 3.05) is 13.7 Å². The first-order valence-corrected chi connectivity index (χ1v) is 9.43. The van der Waals surface area contributed by atoms with E-state index >= 15 is 0 Å². The summed E-state index contributed by atoms with van der Waals surface area (Å²) in [6.07, 6.45) is 0.535. The van der Waals surface area contributed by atoms with Gasteiger partial charge in [-0.15, -0.1) is 0 Å². The van der Waals surface area contributed by atoms with Gasteiger partial charge in [-0.05, 0) is 55.0 Å². The summed E-state index contributed by atoms with van der Waals surface area (Å²) < 4.78 is 13.4. The quantitative estimate of drug-likeness (QED) is 0.570. The Morgan fingerprint density at radius 1 is 1.07 bits per heavy atom.